The van der Waals surface area contributed by atoms with Crippen molar-refractivity contribution in [2.75, 3.05) is 13.1 Å². The fourth-order valence-electron chi connectivity index (χ4n) is 5.99. The molecule has 4 rings (SSSR count). The molecule has 9 nitrogen and oxygen atoms in total. The van der Waals surface area contributed by atoms with Gasteiger partial charge in [0.05, 0.1) is 24.4 Å². The number of amides is 1. The third-order valence-electron chi connectivity index (χ3n) is 8.28. The Hall–Kier alpha value is -1.92. The van der Waals surface area contributed by atoms with Crippen molar-refractivity contribution in [2.24, 2.45) is 7.05 Å². The number of hydrogen-bond acceptors (Lipinski definition) is 7. The van der Waals surface area contributed by atoms with Crippen molar-refractivity contribution in [2.45, 2.75) is 116 Å². The van der Waals surface area contributed by atoms with Crippen LogP contribution in [0, 0.1) is 0 Å². The van der Waals surface area contributed by atoms with Crippen LogP contribution in [0.2, 0.25) is 0 Å². The first-order valence-electron chi connectivity index (χ1n) is 14.2. The van der Waals surface area contributed by atoms with Gasteiger partial charge in [-0.05, 0) is 57.6 Å². The Morgan fingerprint density at radius 3 is 2.70 bits per heavy atom. The molecule has 1 amide bonds. The Kier molecular flexibility index (Phi) is 10.0. The maximum Gasteiger partial charge on any atom is 0.282 e. The number of allylic oxidation sites excluding steroid dienone is 1. The zero-order chi connectivity index (χ0) is 29.2. The molecule has 1 aromatic rings. The van der Waals surface area contributed by atoms with Crippen molar-refractivity contribution in [3.63, 3.8) is 0 Å². The van der Waals surface area contributed by atoms with Crippen LogP contribution in [0.4, 0.5) is 8.78 Å². The van der Waals surface area contributed by atoms with Gasteiger partial charge in [0.25, 0.3) is 6.43 Å². The van der Waals surface area contributed by atoms with E-state index < -0.39 is 30.6 Å². The summed E-state index contributed by atoms with van der Waals surface area (Å²) in [4.78, 5) is 16.6. The van der Waals surface area contributed by atoms with E-state index in [9.17, 15) is 18.7 Å². The van der Waals surface area contributed by atoms with Gasteiger partial charge < -0.3 is 19.5 Å². The second-order valence-electron chi connectivity index (χ2n) is 11.6. The Morgan fingerprint density at radius 2 is 2.05 bits per heavy atom. The predicted octanol–water partition coefficient (Wildman–Crippen LogP) is 4.81. The molecular weight excluding hydrogens is 544 g/mol. The molecule has 1 saturated heterocycles. The molecule has 3 aliphatic rings. The largest absolute Gasteiger partial charge is 0.367 e. The van der Waals surface area contributed by atoms with Crippen molar-refractivity contribution in [3.05, 3.63) is 33.6 Å². The molecule has 0 radical (unpaired) electrons. The fraction of sp³-hybridized carbons (Fsp3) is 0.750. The lowest BCUT2D eigenvalue weighted by Gasteiger charge is -2.47. The number of ether oxygens (including phenoxy) is 2. The van der Waals surface area contributed by atoms with E-state index in [0.717, 1.165) is 41.5 Å². The van der Waals surface area contributed by atoms with Crippen LogP contribution >= 0.6 is 11.6 Å². The van der Waals surface area contributed by atoms with Gasteiger partial charge in [0.2, 0.25) is 12.3 Å². The Balaban J connectivity index is 1.65. The molecule has 2 aliphatic heterocycles. The number of nitrogens with zero attached hydrogens (tertiary/aromatic N) is 5. The molecule has 1 aromatic heterocycles. The molecule has 12 heteroatoms. The van der Waals surface area contributed by atoms with Crippen molar-refractivity contribution in [1.82, 2.24) is 24.8 Å². The standard InChI is InChI=1S/C28H42ClF2N5O4/c1-6-7-13-28(3,4)40-27(38)35-14-12-18-19(29)9-10-22(39-16-20-25(26(30)31)34(5)33-32-20)24(18)21(35)15-36-17(2)8-11-23(36)37/h9,17,21-22,26-27,38H,6-8,10-16H2,1-5H3/t17-,21+,22?,27?/m0/s1. The van der Waals surface area contributed by atoms with Crippen LogP contribution in [-0.2, 0) is 27.9 Å². The number of likely N-dealkylation sites (tertiary alicyclic amines) is 1. The van der Waals surface area contributed by atoms with Crippen LogP contribution in [0.5, 0.6) is 0 Å². The second kappa shape index (κ2) is 12.9. The number of carbonyl (C=O) groups excluding carboxylic acids is 1. The van der Waals surface area contributed by atoms with Gasteiger partial charge in [-0.25, -0.2) is 18.4 Å². The molecule has 1 N–H and O–H groups in total. The Labute approximate surface area is 240 Å². The third-order valence-corrected chi connectivity index (χ3v) is 8.67. The van der Waals surface area contributed by atoms with Crippen molar-refractivity contribution >= 4 is 17.5 Å². The average molecular weight is 586 g/mol. The first kappa shape index (κ1) is 31.0. The van der Waals surface area contributed by atoms with E-state index in [2.05, 4.69) is 17.2 Å². The van der Waals surface area contributed by atoms with Gasteiger partial charge in [0.15, 0.2) is 0 Å². The van der Waals surface area contributed by atoms with Crippen molar-refractivity contribution in [3.8, 4) is 0 Å². The molecule has 4 atom stereocenters. The van der Waals surface area contributed by atoms with Crippen molar-refractivity contribution < 1.29 is 28.2 Å². The lowest BCUT2D eigenvalue weighted by Crippen LogP contribution is -2.57. The van der Waals surface area contributed by atoms with E-state index in [-0.39, 0.29) is 29.9 Å². The predicted molar refractivity (Wildman–Crippen MR) is 146 cm³/mol. The summed E-state index contributed by atoms with van der Waals surface area (Å²) in [6.45, 7) is 8.73. The smallest absolute Gasteiger partial charge is 0.282 e. The number of alkyl halides is 2. The van der Waals surface area contributed by atoms with E-state index in [0.29, 0.717) is 37.4 Å². The topological polar surface area (TPSA) is 93.0 Å². The molecule has 0 bridgehead atoms. The van der Waals surface area contributed by atoms with Gasteiger partial charge in [-0.15, -0.1) is 5.10 Å². The summed E-state index contributed by atoms with van der Waals surface area (Å²) in [5, 5.41) is 19.7. The summed E-state index contributed by atoms with van der Waals surface area (Å²) in [5.74, 6) is 0.0647. The number of unbranched alkanes of at least 4 members (excludes halogenated alkanes) is 1. The maximum absolute atomic E-state index is 13.6. The average Bonchev–Trinajstić information content (AvgIpc) is 3.43. The highest BCUT2D eigenvalue weighted by Crippen LogP contribution is 2.41. The monoisotopic (exact) mass is 585 g/mol. The summed E-state index contributed by atoms with van der Waals surface area (Å²) < 4.78 is 40.8. The molecular formula is C28H42ClF2N5O4. The zero-order valence-electron chi connectivity index (χ0n) is 24.1. The molecule has 0 aromatic carbocycles. The van der Waals surface area contributed by atoms with Crippen LogP contribution in [0.1, 0.15) is 90.5 Å². The van der Waals surface area contributed by atoms with E-state index in [1.807, 2.05) is 36.6 Å². The number of halogens is 3. The fourth-order valence-corrected chi connectivity index (χ4v) is 6.28. The molecule has 1 aliphatic carbocycles. The van der Waals surface area contributed by atoms with E-state index in [4.69, 9.17) is 21.1 Å². The molecule has 0 spiro atoms. The summed E-state index contributed by atoms with van der Waals surface area (Å²) in [7, 11) is 1.43. The molecule has 0 saturated carbocycles. The minimum atomic E-state index is -2.74. The first-order valence-corrected chi connectivity index (χ1v) is 14.6. The summed E-state index contributed by atoms with van der Waals surface area (Å²) in [6, 6.07) is -0.379. The number of aromatic nitrogens is 3. The van der Waals surface area contributed by atoms with Gasteiger partial charge in [-0.1, -0.05) is 42.7 Å². The van der Waals surface area contributed by atoms with Crippen LogP contribution in [0.25, 0.3) is 0 Å². The van der Waals surface area contributed by atoms with Crippen LogP contribution in [-0.4, -0.2) is 79.1 Å². The lowest BCUT2D eigenvalue weighted by atomic mass is 9.83. The summed E-state index contributed by atoms with van der Waals surface area (Å²) in [5.41, 5.74) is 0.999. The number of hydrogen-bond donors (Lipinski definition) is 1. The quantitative estimate of drug-likeness (QED) is 0.352. The van der Waals surface area contributed by atoms with Gasteiger partial charge in [-0.3, -0.25) is 4.79 Å². The molecule has 40 heavy (non-hydrogen) atoms. The number of aliphatic hydroxyl groups is 1. The molecule has 2 unspecified atom stereocenters. The minimum Gasteiger partial charge on any atom is -0.367 e. The van der Waals surface area contributed by atoms with Crippen LogP contribution in [0.15, 0.2) is 22.3 Å². The van der Waals surface area contributed by atoms with Gasteiger partial charge in [0.1, 0.15) is 11.4 Å². The highest BCUT2D eigenvalue weighted by atomic mass is 35.5. The first-order chi connectivity index (χ1) is 18.9. The van der Waals surface area contributed by atoms with E-state index in [1.165, 1.54) is 7.05 Å². The Morgan fingerprint density at radius 1 is 1.30 bits per heavy atom. The number of carbonyl (C=O) groups is 1. The maximum atomic E-state index is 13.6. The molecule has 224 valence electrons. The number of rotatable bonds is 12. The molecule has 1 fully saturated rings. The SMILES string of the molecule is CCCCC(C)(C)OC(O)N1CCC2=C(C(OCc3nnn(C)c3C(F)F)CC=C2Cl)[C@H]1CN1C(=O)CC[C@@H]1C. The van der Waals surface area contributed by atoms with Crippen LogP contribution in [0.3, 0.4) is 0 Å². The Bertz CT molecular complexity index is 1120. The summed E-state index contributed by atoms with van der Waals surface area (Å²) >= 11 is 6.70. The number of aliphatic hydroxyl groups excluding tert-OH is 1. The highest BCUT2D eigenvalue weighted by Gasteiger charge is 2.43. The molecule has 3 heterocycles. The number of aryl methyl sites for hydroxylation is 1. The zero-order valence-corrected chi connectivity index (χ0v) is 24.8. The normalized spacial score (nSPS) is 25.1. The van der Waals surface area contributed by atoms with Gasteiger partial charge >= 0.3 is 0 Å². The van der Waals surface area contributed by atoms with Gasteiger partial charge in [-0.2, -0.15) is 0 Å². The minimum absolute atomic E-state index is 0.0570. The third kappa shape index (κ3) is 6.75. The van der Waals surface area contributed by atoms with Crippen molar-refractivity contribution in [1.29, 1.82) is 0 Å². The second-order valence-corrected chi connectivity index (χ2v) is 12.0. The van der Waals surface area contributed by atoms with E-state index >= 15 is 0 Å². The van der Waals surface area contributed by atoms with E-state index in [1.54, 1.807) is 0 Å². The lowest BCUT2D eigenvalue weighted by molar-refractivity contribution is -0.254. The summed E-state index contributed by atoms with van der Waals surface area (Å²) in [6.07, 6.45) is 2.42. The highest BCUT2D eigenvalue weighted by molar-refractivity contribution is 6.32. The van der Waals surface area contributed by atoms with Gasteiger partial charge in [0, 0.05) is 37.6 Å². The van der Waals surface area contributed by atoms with Crippen LogP contribution < -0.4 is 0 Å².